The molecule has 2 aliphatic rings. The van der Waals surface area contributed by atoms with Crippen LogP contribution in [0.25, 0.3) is 55.3 Å². The second kappa shape index (κ2) is 6.85. The van der Waals surface area contributed by atoms with Gasteiger partial charge in [0, 0.05) is 22.1 Å². The van der Waals surface area contributed by atoms with Crippen LogP contribution in [0, 0.1) is 13.8 Å². The fourth-order valence-electron chi connectivity index (χ4n) is 4.72. The molecule has 1 aliphatic carbocycles. The van der Waals surface area contributed by atoms with E-state index < -0.39 is 0 Å². The third kappa shape index (κ3) is 2.78. The van der Waals surface area contributed by atoms with Gasteiger partial charge in [0.05, 0.1) is 0 Å². The van der Waals surface area contributed by atoms with Crippen molar-refractivity contribution in [2.24, 2.45) is 0 Å². The Morgan fingerprint density at radius 1 is 0.484 bits per heavy atom. The second-order valence-electron chi connectivity index (χ2n) is 8.33. The van der Waals surface area contributed by atoms with Gasteiger partial charge in [-0.05, 0) is 41.8 Å². The summed E-state index contributed by atoms with van der Waals surface area (Å²) in [4.78, 5) is 0. The van der Waals surface area contributed by atoms with E-state index in [2.05, 4.69) is 105 Å². The third-order valence-electron chi connectivity index (χ3n) is 6.19. The Labute approximate surface area is 181 Å². The van der Waals surface area contributed by atoms with Gasteiger partial charge in [-0.15, -0.1) is 0 Å². The normalized spacial score (nSPS) is 11.5. The van der Waals surface area contributed by atoms with E-state index >= 15 is 0 Å². The number of aryl methyl sites for hydroxylation is 2. The van der Waals surface area contributed by atoms with Crippen LogP contribution in [0.2, 0.25) is 0 Å². The molecule has 0 saturated carbocycles. The predicted octanol–water partition coefficient (Wildman–Crippen LogP) is 8.64. The zero-order valence-corrected chi connectivity index (χ0v) is 17.6. The van der Waals surface area contributed by atoms with Crippen LogP contribution in [-0.2, 0) is 0 Å². The Kier molecular flexibility index (Phi) is 3.97. The predicted molar refractivity (Wildman–Crippen MR) is 131 cm³/mol. The Morgan fingerprint density at radius 2 is 1.19 bits per heavy atom. The number of benzene rings is 4. The van der Waals surface area contributed by atoms with Crippen LogP contribution in [0.5, 0.6) is 0 Å². The molecule has 31 heavy (non-hydrogen) atoms. The summed E-state index contributed by atoms with van der Waals surface area (Å²) in [5.74, 6) is 0.937. The minimum absolute atomic E-state index is 0.912. The number of hydrogen-bond donors (Lipinski definition) is 0. The maximum absolute atomic E-state index is 6.60. The lowest BCUT2D eigenvalue weighted by Gasteiger charge is -2.14. The van der Waals surface area contributed by atoms with E-state index in [4.69, 9.17) is 4.42 Å². The van der Waals surface area contributed by atoms with Crippen molar-refractivity contribution in [3.63, 3.8) is 0 Å². The molecule has 0 fully saturated rings. The van der Waals surface area contributed by atoms with Gasteiger partial charge in [-0.2, -0.15) is 0 Å². The van der Waals surface area contributed by atoms with Crippen molar-refractivity contribution in [2.75, 3.05) is 0 Å². The lowest BCUT2D eigenvalue weighted by atomic mass is 9.94. The average Bonchev–Trinajstić information content (AvgIpc) is 3.14. The van der Waals surface area contributed by atoms with Gasteiger partial charge < -0.3 is 4.42 Å². The van der Waals surface area contributed by atoms with Gasteiger partial charge in [-0.1, -0.05) is 102 Å². The number of fused-ring (bicyclic) bond motifs is 5. The first-order chi connectivity index (χ1) is 15.2. The maximum Gasteiger partial charge on any atom is 0.143 e. The van der Waals surface area contributed by atoms with Gasteiger partial charge in [-0.25, -0.2) is 0 Å². The van der Waals surface area contributed by atoms with Gasteiger partial charge in [0.25, 0.3) is 0 Å². The molecule has 0 spiro atoms. The Bertz CT molecular complexity index is 1520. The molecular weight excluding hydrogens is 376 g/mol. The Morgan fingerprint density at radius 3 is 2.00 bits per heavy atom. The van der Waals surface area contributed by atoms with E-state index in [1.54, 1.807) is 0 Å². The van der Waals surface area contributed by atoms with Crippen molar-refractivity contribution in [1.29, 1.82) is 0 Å². The summed E-state index contributed by atoms with van der Waals surface area (Å²) in [6.07, 6.45) is 0. The lowest BCUT2D eigenvalue weighted by Crippen LogP contribution is -1.89. The van der Waals surface area contributed by atoms with E-state index in [0.29, 0.717) is 0 Å². The standard InChI is InChI=1S/C30H22O/c1-19-12-15-22(16-13-19)30-29-25-18-20(2)14-17-23(25)27(21-8-4-3-5-9-21)28(29)24-10-6-7-11-26(24)31-30/h3-18H,1-2H3. The van der Waals surface area contributed by atoms with Crippen LogP contribution in [0.15, 0.2) is 101 Å². The number of rotatable bonds is 2. The minimum atomic E-state index is 0.912. The summed E-state index contributed by atoms with van der Waals surface area (Å²) < 4.78 is 6.60. The molecule has 0 saturated heterocycles. The summed E-state index contributed by atoms with van der Waals surface area (Å²) in [6.45, 7) is 4.27. The first kappa shape index (κ1) is 18.0. The summed E-state index contributed by atoms with van der Waals surface area (Å²) >= 11 is 0. The van der Waals surface area contributed by atoms with Gasteiger partial charge in [-0.3, -0.25) is 0 Å². The highest BCUT2D eigenvalue weighted by molar-refractivity contribution is 6.23. The largest absolute Gasteiger partial charge is 0.455 e. The van der Waals surface area contributed by atoms with Crippen molar-refractivity contribution in [3.05, 3.63) is 108 Å². The molecule has 1 aliphatic heterocycles. The Balaban J connectivity index is 1.86. The lowest BCUT2D eigenvalue weighted by molar-refractivity contribution is 0.622. The molecule has 0 radical (unpaired) electrons. The number of para-hydroxylation sites is 1. The maximum atomic E-state index is 6.60. The van der Waals surface area contributed by atoms with Crippen molar-refractivity contribution >= 4 is 21.7 Å². The summed E-state index contributed by atoms with van der Waals surface area (Å²) in [5, 5.41) is 3.67. The molecule has 148 valence electrons. The van der Waals surface area contributed by atoms with E-state index in [1.165, 1.54) is 44.2 Å². The zero-order valence-electron chi connectivity index (χ0n) is 17.6. The van der Waals surface area contributed by atoms with Crippen LogP contribution in [0.1, 0.15) is 11.1 Å². The van der Waals surface area contributed by atoms with Gasteiger partial charge in [0.15, 0.2) is 0 Å². The summed E-state index contributed by atoms with van der Waals surface area (Å²) in [6, 6.07) is 34.5. The SMILES string of the molecule is Cc1ccc(-c2oc3ccccc3c3c(-c4ccccc4)c4ccc(C)cc4c2-3)cc1. The molecule has 1 heterocycles. The first-order valence-corrected chi connectivity index (χ1v) is 10.7. The fourth-order valence-corrected chi connectivity index (χ4v) is 4.72. The molecule has 0 unspecified atom stereocenters. The molecule has 0 amide bonds. The zero-order chi connectivity index (χ0) is 20.9. The molecule has 1 nitrogen and oxygen atoms in total. The van der Waals surface area contributed by atoms with E-state index in [9.17, 15) is 0 Å². The molecule has 0 N–H and O–H groups in total. The summed E-state index contributed by atoms with van der Waals surface area (Å²) in [7, 11) is 0. The highest BCUT2D eigenvalue weighted by Crippen LogP contribution is 2.52. The molecule has 0 aromatic heterocycles. The van der Waals surface area contributed by atoms with Crippen LogP contribution in [0.3, 0.4) is 0 Å². The first-order valence-electron chi connectivity index (χ1n) is 10.7. The van der Waals surface area contributed by atoms with Gasteiger partial charge >= 0.3 is 0 Å². The molecule has 1 heteroatoms. The van der Waals surface area contributed by atoms with Crippen molar-refractivity contribution < 1.29 is 4.42 Å². The van der Waals surface area contributed by atoms with Gasteiger partial charge in [0.2, 0.25) is 0 Å². The monoisotopic (exact) mass is 398 g/mol. The smallest absolute Gasteiger partial charge is 0.143 e. The van der Waals surface area contributed by atoms with E-state index in [0.717, 1.165) is 22.3 Å². The van der Waals surface area contributed by atoms with Gasteiger partial charge in [0.1, 0.15) is 11.3 Å². The van der Waals surface area contributed by atoms with Crippen molar-refractivity contribution in [3.8, 4) is 33.6 Å². The Hall–Kier alpha value is -3.84. The highest BCUT2D eigenvalue weighted by Gasteiger charge is 2.27. The van der Waals surface area contributed by atoms with Crippen molar-refractivity contribution in [2.45, 2.75) is 13.8 Å². The number of hydrogen-bond acceptors (Lipinski definition) is 1. The van der Waals surface area contributed by atoms with E-state index in [-0.39, 0.29) is 0 Å². The highest BCUT2D eigenvalue weighted by atomic mass is 16.3. The van der Waals surface area contributed by atoms with Crippen LogP contribution in [-0.4, -0.2) is 0 Å². The van der Waals surface area contributed by atoms with Crippen LogP contribution >= 0.6 is 0 Å². The summed E-state index contributed by atoms with van der Waals surface area (Å²) in [5.41, 5.74) is 9.49. The molecule has 0 bridgehead atoms. The quantitative estimate of drug-likeness (QED) is 0.284. The topological polar surface area (TPSA) is 13.1 Å². The minimum Gasteiger partial charge on any atom is -0.455 e. The average molecular weight is 399 g/mol. The third-order valence-corrected chi connectivity index (χ3v) is 6.19. The van der Waals surface area contributed by atoms with Crippen molar-refractivity contribution in [1.82, 2.24) is 0 Å². The molecule has 4 aromatic carbocycles. The molecular formula is C30H22O. The molecule has 6 rings (SSSR count). The van der Waals surface area contributed by atoms with Crippen LogP contribution < -0.4 is 0 Å². The fraction of sp³-hybridized carbons (Fsp3) is 0.0667. The molecule has 0 atom stereocenters. The van der Waals surface area contributed by atoms with Crippen LogP contribution in [0.4, 0.5) is 0 Å². The second-order valence-corrected chi connectivity index (χ2v) is 8.33. The molecule has 4 aromatic rings. The van der Waals surface area contributed by atoms with E-state index in [1.807, 2.05) is 6.07 Å².